The van der Waals surface area contributed by atoms with Crippen LogP contribution in [0.4, 0.5) is 0 Å². The Morgan fingerprint density at radius 3 is 2.55 bits per heavy atom. The standard InChI is InChI=1S/C18H34N2/c1-13-5-4-8-18(12-19,14(13)2)20(3)11-17-10-15-6-7-16(17)9-15/h13-17H,4-12,19H2,1-3H3. The molecule has 3 aliphatic rings. The molecule has 2 bridgehead atoms. The summed E-state index contributed by atoms with van der Waals surface area (Å²) < 4.78 is 0. The molecule has 2 heteroatoms. The van der Waals surface area contributed by atoms with Crippen molar-refractivity contribution in [2.24, 2.45) is 35.3 Å². The number of hydrogen-bond acceptors (Lipinski definition) is 2. The van der Waals surface area contributed by atoms with Crippen molar-refractivity contribution in [2.45, 2.75) is 64.3 Å². The van der Waals surface area contributed by atoms with Crippen LogP contribution in [0.3, 0.4) is 0 Å². The Balaban J connectivity index is 1.68. The van der Waals surface area contributed by atoms with E-state index in [1.165, 1.54) is 51.5 Å². The average molecular weight is 278 g/mol. The van der Waals surface area contributed by atoms with Crippen molar-refractivity contribution >= 4 is 0 Å². The third-order valence-electron chi connectivity index (χ3n) is 7.48. The Hall–Kier alpha value is -0.0800. The molecular formula is C18H34N2. The number of fused-ring (bicyclic) bond motifs is 2. The Kier molecular flexibility index (Phi) is 4.16. The Labute approximate surface area is 125 Å². The summed E-state index contributed by atoms with van der Waals surface area (Å²) in [6.07, 6.45) is 10.1. The topological polar surface area (TPSA) is 29.3 Å². The molecule has 6 atom stereocenters. The molecule has 0 saturated heterocycles. The zero-order chi connectivity index (χ0) is 14.3. The zero-order valence-corrected chi connectivity index (χ0v) is 13.8. The van der Waals surface area contributed by atoms with Crippen LogP contribution in [0.25, 0.3) is 0 Å². The third kappa shape index (κ3) is 2.33. The van der Waals surface area contributed by atoms with Gasteiger partial charge in [-0.2, -0.15) is 0 Å². The Morgan fingerprint density at radius 2 is 1.95 bits per heavy atom. The van der Waals surface area contributed by atoms with E-state index in [-0.39, 0.29) is 5.54 Å². The minimum atomic E-state index is 0.277. The highest BCUT2D eigenvalue weighted by Crippen LogP contribution is 2.49. The molecule has 0 radical (unpaired) electrons. The summed E-state index contributed by atoms with van der Waals surface area (Å²) >= 11 is 0. The summed E-state index contributed by atoms with van der Waals surface area (Å²) in [6.45, 7) is 7.03. The minimum Gasteiger partial charge on any atom is -0.329 e. The van der Waals surface area contributed by atoms with Crippen LogP contribution >= 0.6 is 0 Å². The number of likely N-dealkylation sites (N-methyl/N-ethyl adjacent to an activating group) is 1. The van der Waals surface area contributed by atoms with Gasteiger partial charge in [-0.1, -0.05) is 33.1 Å². The molecule has 6 unspecified atom stereocenters. The van der Waals surface area contributed by atoms with E-state index in [0.29, 0.717) is 0 Å². The zero-order valence-electron chi connectivity index (χ0n) is 13.8. The van der Waals surface area contributed by atoms with E-state index in [4.69, 9.17) is 5.73 Å². The summed E-state index contributed by atoms with van der Waals surface area (Å²) in [4.78, 5) is 2.69. The smallest absolute Gasteiger partial charge is 0.0356 e. The first-order valence-electron chi connectivity index (χ1n) is 8.98. The van der Waals surface area contributed by atoms with Gasteiger partial charge in [-0.3, -0.25) is 4.90 Å². The maximum atomic E-state index is 6.30. The van der Waals surface area contributed by atoms with E-state index in [0.717, 1.165) is 36.1 Å². The van der Waals surface area contributed by atoms with Crippen molar-refractivity contribution in [3.63, 3.8) is 0 Å². The van der Waals surface area contributed by atoms with E-state index >= 15 is 0 Å². The molecule has 0 spiro atoms. The molecule has 0 amide bonds. The lowest BCUT2D eigenvalue weighted by Gasteiger charge is -2.52. The SMILES string of the molecule is CC1CCCC(CN)(N(C)CC2CC3CCC2C3)C1C. The second-order valence-electron chi connectivity index (χ2n) is 8.28. The first kappa shape index (κ1) is 14.8. The van der Waals surface area contributed by atoms with Crippen molar-refractivity contribution < 1.29 is 0 Å². The molecule has 116 valence electrons. The van der Waals surface area contributed by atoms with E-state index in [9.17, 15) is 0 Å². The highest BCUT2D eigenvalue weighted by atomic mass is 15.2. The highest BCUT2D eigenvalue weighted by molar-refractivity contribution is 5.01. The number of hydrogen-bond donors (Lipinski definition) is 1. The highest BCUT2D eigenvalue weighted by Gasteiger charge is 2.46. The summed E-state index contributed by atoms with van der Waals surface area (Å²) in [6, 6.07) is 0. The van der Waals surface area contributed by atoms with E-state index < -0.39 is 0 Å². The molecule has 3 rings (SSSR count). The predicted molar refractivity (Wildman–Crippen MR) is 85.5 cm³/mol. The van der Waals surface area contributed by atoms with E-state index in [1.54, 1.807) is 0 Å². The third-order valence-corrected chi connectivity index (χ3v) is 7.48. The van der Waals surface area contributed by atoms with Gasteiger partial charge in [0.05, 0.1) is 0 Å². The number of rotatable bonds is 4. The second kappa shape index (κ2) is 5.61. The van der Waals surface area contributed by atoms with Crippen LogP contribution in [0, 0.1) is 29.6 Å². The fraction of sp³-hybridized carbons (Fsp3) is 1.00. The fourth-order valence-electron chi connectivity index (χ4n) is 5.85. The first-order chi connectivity index (χ1) is 9.56. The maximum Gasteiger partial charge on any atom is 0.0356 e. The van der Waals surface area contributed by atoms with Gasteiger partial charge in [-0.15, -0.1) is 0 Å². The molecule has 2 N–H and O–H groups in total. The molecule has 3 fully saturated rings. The monoisotopic (exact) mass is 278 g/mol. The van der Waals surface area contributed by atoms with Crippen LogP contribution in [0.15, 0.2) is 0 Å². The lowest BCUT2D eigenvalue weighted by atomic mass is 9.67. The van der Waals surface area contributed by atoms with Gasteiger partial charge in [0.2, 0.25) is 0 Å². The molecule has 0 aromatic rings. The largest absolute Gasteiger partial charge is 0.329 e. The normalized spacial score (nSPS) is 48.1. The maximum absolute atomic E-state index is 6.30. The predicted octanol–water partition coefficient (Wildman–Crippen LogP) is 3.51. The van der Waals surface area contributed by atoms with Gasteiger partial charge >= 0.3 is 0 Å². The molecule has 0 heterocycles. The van der Waals surface area contributed by atoms with Crippen molar-refractivity contribution in [3.8, 4) is 0 Å². The van der Waals surface area contributed by atoms with Crippen LogP contribution in [0.1, 0.15) is 58.8 Å². The molecule has 0 aromatic heterocycles. The van der Waals surface area contributed by atoms with E-state index in [1.807, 2.05) is 0 Å². The number of nitrogens with two attached hydrogens (primary N) is 1. The van der Waals surface area contributed by atoms with Crippen LogP contribution < -0.4 is 5.73 Å². The van der Waals surface area contributed by atoms with Crippen LogP contribution in [0.2, 0.25) is 0 Å². The van der Waals surface area contributed by atoms with Gasteiger partial charge in [-0.25, -0.2) is 0 Å². The van der Waals surface area contributed by atoms with Gasteiger partial charge < -0.3 is 5.73 Å². The molecule has 3 aliphatic carbocycles. The molecule has 0 aromatic carbocycles. The lowest BCUT2D eigenvalue weighted by Crippen LogP contribution is -2.60. The lowest BCUT2D eigenvalue weighted by molar-refractivity contribution is -0.00705. The summed E-state index contributed by atoms with van der Waals surface area (Å²) in [7, 11) is 2.37. The van der Waals surface area contributed by atoms with E-state index in [2.05, 4.69) is 25.8 Å². The van der Waals surface area contributed by atoms with Gasteiger partial charge in [-0.05, 0) is 62.3 Å². The molecule has 3 saturated carbocycles. The quantitative estimate of drug-likeness (QED) is 0.852. The Morgan fingerprint density at radius 1 is 1.15 bits per heavy atom. The van der Waals surface area contributed by atoms with Crippen molar-refractivity contribution in [1.82, 2.24) is 4.90 Å². The van der Waals surface area contributed by atoms with Gasteiger partial charge in [0.25, 0.3) is 0 Å². The average Bonchev–Trinajstić information content (AvgIpc) is 3.04. The van der Waals surface area contributed by atoms with Gasteiger partial charge in [0.1, 0.15) is 0 Å². The second-order valence-corrected chi connectivity index (χ2v) is 8.28. The molecule has 0 aliphatic heterocycles. The summed E-state index contributed by atoms with van der Waals surface area (Å²) in [5.74, 6) is 4.63. The van der Waals surface area contributed by atoms with Crippen molar-refractivity contribution in [1.29, 1.82) is 0 Å². The minimum absolute atomic E-state index is 0.277. The van der Waals surface area contributed by atoms with Crippen molar-refractivity contribution in [3.05, 3.63) is 0 Å². The van der Waals surface area contributed by atoms with Gasteiger partial charge in [0, 0.05) is 18.6 Å². The molecule has 20 heavy (non-hydrogen) atoms. The molecular weight excluding hydrogens is 244 g/mol. The van der Waals surface area contributed by atoms with Crippen LogP contribution in [-0.4, -0.2) is 30.6 Å². The summed E-state index contributed by atoms with van der Waals surface area (Å²) in [5.41, 5.74) is 6.58. The molecule has 2 nitrogen and oxygen atoms in total. The van der Waals surface area contributed by atoms with Crippen molar-refractivity contribution in [2.75, 3.05) is 20.1 Å². The van der Waals surface area contributed by atoms with Gasteiger partial charge in [0.15, 0.2) is 0 Å². The fourth-order valence-corrected chi connectivity index (χ4v) is 5.85. The Bertz CT molecular complexity index is 342. The number of nitrogens with zero attached hydrogens (tertiary/aromatic N) is 1. The summed E-state index contributed by atoms with van der Waals surface area (Å²) in [5, 5.41) is 0. The van der Waals surface area contributed by atoms with Crippen LogP contribution in [-0.2, 0) is 0 Å². The van der Waals surface area contributed by atoms with Crippen LogP contribution in [0.5, 0.6) is 0 Å². The first-order valence-corrected chi connectivity index (χ1v) is 8.98.